The van der Waals surface area contributed by atoms with Gasteiger partial charge >= 0.3 is 5.97 Å². The molecule has 2 heterocycles. The van der Waals surface area contributed by atoms with Crippen LogP contribution in [0.3, 0.4) is 0 Å². The minimum atomic E-state index is -0.949. The first-order chi connectivity index (χ1) is 7.75. The molecule has 1 aliphatic heterocycles. The summed E-state index contributed by atoms with van der Waals surface area (Å²) in [4.78, 5) is 12.7. The van der Waals surface area contributed by atoms with Crippen molar-refractivity contribution in [3.63, 3.8) is 0 Å². The summed E-state index contributed by atoms with van der Waals surface area (Å²) >= 11 is 0. The third-order valence-corrected chi connectivity index (χ3v) is 2.36. The maximum absolute atomic E-state index is 10.6. The molecule has 1 aliphatic rings. The van der Waals surface area contributed by atoms with Gasteiger partial charge in [-0.1, -0.05) is 0 Å². The Bertz CT molecular complexity index is 366. The number of ether oxygens (including phenoxy) is 1. The van der Waals surface area contributed by atoms with E-state index < -0.39 is 5.97 Å². The minimum Gasteiger partial charge on any atom is -0.480 e. The standard InChI is InChI=1S/C8H13N5O3.ClH/c14-8(15)6-13-7(9-10-11-13)5-12-1-3-16-4-2-12;/h1-6H2,(H,14,15);1H. The topological polar surface area (TPSA) is 93.4 Å². The van der Waals surface area contributed by atoms with Crippen molar-refractivity contribution in [2.45, 2.75) is 13.1 Å². The van der Waals surface area contributed by atoms with Crippen molar-refractivity contribution < 1.29 is 14.6 Å². The van der Waals surface area contributed by atoms with Crippen molar-refractivity contribution in [1.29, 1.82) is 0 Å². The van der Waals surface area contributed by atoms with Crippen LogP contribution in [-0.4, -0.2) is 62.5 Å². The Hall–Kier alpha value is -1.25. The molecule has 17 heavy (non-hydrogen) atoms. The van der Waals surface area contributed by atoms with Crippen LogP contribution in [0.1, 0.15) is 5.82 Å². The van der Waals surface area contributed by atoms with E-state index in [1.165, 1.54) is 4.68 Å². The van der Waals surface area contributed by atoms with Crippen LogP contribution in [0.5, 0.6) is 0 Å². The van der Waals surface area contributed by atoms with Gasteiger partial charge in [0.15, 0.2) is 5.82 Å². The van der Waals surface area contributed by atoms with Gasteiger partial charge < -0.3 is 9.84 Å². The molecule has 0 atom stereocenters. The summed E-state index contributed by atoms with van der Waals surface area (Å²) in [6, 6.07) is 0. The third kappa shape index (κ3) is 3.91. The zero-order valence-electron chi connectivity index (χ0n) is 9.15. The molecule has 8 nitrogen and oxygen atoms in total. The highest BCUT2D eigenvalue weighted by molar-refractivity contribution is 5.85. The molecule has 1 fully saturated rings. The van der Waals surface area contributed by atoms with Crippen molar-refractivity contribution in [3.8, 4) is 0 Å². The molecule has 0 saturated carbocycles. The molecule has 0 spiro atoms. The molecule has 0 bridgehead atoms. The molecule has 1 aromatic heterocycles. The van der Waals surface area contributed by atoms with E-state index in [1.54, 1.807) is 0 Å². The van der Waals surface area contributed by atoms with Crippen molar-refractivity contribution in [2.24, 2.45) is 0 Å². The monoisotopic (exact) mass is 263 g/mol. The highest BCUT2D eigenvalue weighted by Gasteiger charge is 2.15. The first-order valence-corrected chi connectivity index (χ1v) is 5.02. The lowest BCUT2D eigenvalue weighted by molar-refractivity contribution is -0.138. The molecule has 0 unspecified atom stereocenters. The van der Waals surface area contributed by atoms with E-state index in [0.29, 0.717) is 25.6 Å². The number of rotatable bonds is 4. The second-order valence-electron chi connectivity index (χ2n) is 3.54. The van der Waals surface area contributed by atoms with Gasteiger partial charge in [0.2, 0.25) is 0 Å². The SMILES string of the molecule is Cl.O=C(O)Cn1nnnc1CN1CCOCC1. The molecule has 1 saturated heterocycles. The highest BCUT2D eigenvalue weighted by Crippen LogP contribution is 2.03. The number of carboxylic acid groups (broad SMARTS) is 1. The number of hydrogen-bond donors (Lipinski definition) is 1. The van der Waals surface area contributed by atoms with E-state index >= 15 is 0 Å². The van der Waals surface area contributed by atoms with Crippen molar-refractivity contribution in [1.82, 2.24) is 25.1 Å². The number of hydrogen-bond acceptors (Lipinski definition) is 6. The Kier molecular flexibility index (Phi) is 5.26. The van der Waals surface area contributed by atoms with E-state index in [-0.39, 0.29) is 19.0 Å². The van der Waals surface area contributed by atoms with Gasteiger partial charge in [-0.3, -0.25) is 9.69 Å². The largest absolute Gasteiger partial charge is 0.480 e. The normalized spacial score (nSPS) is 16.5. The number of nitrogens with zero attached hydrogens (tertiary/aromatic N) is 5. The smallest absolute Gasteiger partial charge is 0.325 e. The average molecular weight is 264 g/mol. The summed E-state index contributed by atoms with van der Waals surface area (Å²) in [5.41, 5.74) is 0. The highest BCUT2D eigenvalue weighted by atomic mass is 35.5. The Morgan fingerprint density at radius 2 is 2.12 bits per heavy atom. The van der Waals surface area contributed by atoms with Crippen molar-refractivity contribution in [2.75, 3.05) is 26.3 Å². The van der Waals surface area contributed by atoms with E-state index in [0.717, 1.165) is 13.1 Å². The number of aliphatic carboxylic acids is 1. The van der Waals surface area contributed by atoms with Gasteiger partial charge in [0, 0.05) is 13.1 Å². The molecule has 1 aromatic rings. The molecule has 1 N–H and O–H groups in total. The number of halogens is 1. The van der Waals surface area contributed by atoms with Crippen LogP contribution < -0.4 is 0 Å². The van der Waals surface area contributed by atoms with Crippen molar-refractivity contribution >= 4 is 18.4 Å². The number of morpholine rings is 1. The van der Waals surface area contributed by atoms with E-state index in [9.17, 15) is 4.79 Å². The Morgan fingerprint density at radius 3 is 2.76 bits per heavy atom. The summed E-state index contributed by atoms with van der Waals surface area (Å²) in [5, 5.41) is 19.6. The lowest BCUT2D eigenvalue weighted by atomic mass is 10.4. The minimum absolute atomic E-state index is 0. The first-order valence-electron chi connectivity index (χ1n) is 5.02. The van der Waals surface area contributed by atoms with Crippen LogP contribution in [0.25, 0.3) is 0 Å². The van der Waals surface area contributed by atoms with E-state index in [4.69, 9.17) is 9.84 Å². The van der Waals surface area contributed by atoms with Crippen LogP contribution in [0.2, 0.25) is 0 Å². The predicted molar refractivity (Wildman–Crippen MR) is 58.8 cm³/mol. The summed E-state index contributed by atoms with van der Waals surface area (Å²) < 4.78 is 6.52. The maximum atomic E-state index is 10.6. The van der Waals surface area contributed by atoms with Crippen LogP contribution in [0, 0.1) is 0 Å². The molecule has 0 radical (unpaired) electrons. The van der Waals surface area contributed by atoms with Gasteiger partial charge in [-0.2, -0.15) is 0 Å². The van der Waals surface area contributed by atoms with Crippen LogP contribution in [-0.2, 0) is 22.6 Å². The average Bonchev–Trinajstić information content (AvgIpc) is 2.66. The molecule has 96 valence electrons. The fourth-order valence-corrected chi connectivity index (χ4v) is 1.55. The molecule has 9 heteroatoms. The summed E-state index contributed by atoms with van der Waals surface area (Å²) in [5.74, 6) is -0.375. The third-order valence-electron chi connectivity index (χ3n) is 2.36. The van der Waals surface area contributed by atoms with Crippen LogP contribution in [0.15, 0.2) is 0 Å². The molecule has 0 amide bonds. The second-order valence-corrected chi connectivity index (χ2v) is 3.54. The number of carbonyl (C=O) groups is 1. The number of aromatic nitrogens is 4. The lowest BCUT2D eigenvalue weighted by Crippen LogP contribution is -2.36. The Morgan fingerprint density at radius 1 is 1.41 bits per heavy atom. The Balaban J connectivity index is 0.00000144. The second kappa shape index (κ2) is 6.48. The molecule has 2 rings (SSSR count). The quantitative estimate of drug-likeness (QED) is 0.746. The summed E-state index contributed by atoms with van der Waals surface area (Å²) in [7, 11) is 0. The fraction of sp³-hybridized carbons (Fsp3) is 0.750. The van der Waals surface area contributed by atoms with Gasteiger partial charge in [-0.15, -0.1) is 17.5 Å². The van der Waals surface area contributed by atoms with Gasteiger partial charge in [0.1, 0.15) is 6.54 Å². The van der Waals surface area contributed by atoms with E-state index in [2.05, 4.69) is 20.4 Å². The zero-order chi connectivity index (χ0) is 11.4. The lowest BCUT2D eigenvalue weighted by Gasteiger charge is -2.25. The van der Waals surface area contributed by atoms with Gasteiger partial charge in [0.25, 0.3) is 0 Å². The Labute approximate surface area is 104 Å². The number of carboxylic acids is 1. The molecular formula is C8H14ClN5O3. The summed E-state index contributed by atoms with van der Waals surface area (Å²) in [6.07, 6.45) is 0. The molecule has 0 aromatic carbocycles. The number of tetrazole rings is 1. The van der Waals surface area contributed by atoms with E-state index in [1.807, 2.05) is 0 Å². The maximum Gasteiger partial charge on any atom is 0.325 e. The zero-order valence-corrected chi connectivity index (χ0v) is 9.97. The fourth-order valence-electron chi connectivity index (χ4n) is 1.55. The van der Waals surface area contributed by atoms with Gasteiger partial charge in [-0.05, 0) is 10.4 Å². The first kappa shape index (κ1) is 13.8. The van der Waals surface area contributed by atoms with Gasteiger partial charge in [-0.25, -0.2) is 4.68 Å². The summed E-state index contributed by atoms with van der Waals surface area (Å²) in [6.45, 7) is 3.39. The van der Waals surface area contributed by atoms with Crippen LogP contribution in [0.4, 0.5) is 0 Å². The predicted octanol–water partition coefficient (Wildman–Crippen LogP) is -0.988. The molecule has 0 aliphatic carbocycles. The molecular weight excluding hydrogens is 250 g/mol. The van der Waals surface area contributed by atoms with Crippen molar-refractivity contribution in [3.05, 3.63) is 5.82 Å². The van der Waals surface area contributed by atoms with Gasteiger partial charge in [0.05, 0.1) is 19.8 Å². The van der Waals surface area contributed by atoms with Crippen LogP contribution >= 0.6 is 12.4 Å².